The Hall–Kier alpha value is -1.12. The number of hydrogen-bond acceptors (Lipinski definition) is 6. The van der Waals surface area contributed by atoms with Crippen LogP contribution in [0.5, 0.6) is 0 Å². The average molecular weight is 359 g/mol. The van der Waals surface area contributed by atoms with Crippen LogP contribution in [0.25, 0.3) is 0 Å². The summed E-state index contributed by atoms with van der Waals surface area (Å²) in [6.07, 6.45) is 0.417. The van der Waals surface area contributed by atoms with Gasteiger partial charge in [-0.1, -0.05) is 39.0 Å². The minimum atomic E-state index is -0.0210. The van der Waals surface area contributed by atoms with Gasteiger partial charge in [-0.25, -0.2) is 0 Å². The topological polar surface area (TPSA) is 80.9 Å². The number of halogens is 1. The first-order valence-electron chi connectivity index (χ1n) is 5.40. The monoisotopic (exact) mass is 358 g/mol. The number of anilines is 2. The number of nitrogens with one attached hydrogen (secondary N) is 1. The predicted octanol–water partition coefficient (Wildman–Crippen LogP) is 3.00. The van der Waals surface area contributed by atoms with Crippen LogP contribution >= 0.6 is 39.0 Å². The van der Waals surface area contributed by atoms with E-state index in [9.17, 15) is 4.79 Å². The van der Waals surface area contributed by atoms with Gasteiger partial charge in [0.2, 0.25) is 11.0 Å². The third-order valence-electron chi connectivity index (χ3n) is 2.10. The van der Waals surface area contributed by atoms with Crippen molar-refractivity contribution in [1.82, 2.24) is 10.2 Å². The second-order valence-corrected chi connectivity index (χ2v) is 6.83. The molecule has 0 spiro atoms. The number of amides is 1. The number of carbonyl (C=O) groups is 1. The molecular formula is C11H11BrN4OS2. The van der Waals surface area contributed by atoms with Crippen molar-refractivity contribution in [3.8, 4) is 0 Å². The number of nitrogens with zero attached hydrogens (tertiary/aromatic N) is 2. The van der Waals surface area contributed by atoms with E-state index in [1.807, 2.05) is 24.3 Å². The Bertz CT molecular complexity index is 558. The van der Waals surface area contributed by atoms with Gasteiger partial charge in [-0.05, 0) is 24.3 Å². The summed E-state index contributed by atoms with van der Waals surface area (Å²) in [5, 5.41) is 10.9. The SMILES string of the molecule is Nc1nnc(SCCC(=O)Nc2ccc(Br)cc2)s1. The molecule has 8 heteroatoms. The van der Waals surface area contributed by atoms with Crippen molar-refractivity contribution in [3.05, 3.63) is 28.7 Å². The number of nitrogens with two attached hydrogens (primary N) is 1. The Morgan fingerprint density at radius 1 is 1.37 bits per heavy atom. The Kier molecular flexibility index (Phi) is 5.17. The van der Waals surface area contributed by atoms with Crippen LogP contribution in [0.2, 0.25) is 0 Å². The molecule has 0 aliphatic heterocycles. The molecule has 1 amide bonds. The Morgan fingerprint density at radius 2 is 2.11 bits per heavy atom. The fourth-order valence-corrected chi connectivity index (χ4v) is 3.18. The maximum Gasteiger partial charge on any atom is 0.225 e. The molecule has 19 heavy (non-hydrogen) atoms. The number of rotatable bonds is 5. The van der Waals surface area contributed by atoms with Crippen LogP contribution in [0.15, 0.2) is 33.1 Å². The highest BCUT2D eigenvalue weighted by atomic mass is 79.9. The Labute approximate surface area is 127 Å². The molecular weight excluding hydrogens is 348 g/mol. The van der Waals surface area contributed by atoms with E-state index in [0.717, 1.165) is 14.5 Å². The summed E-state index contributed by atoms with van der Waals surface area (Å²) in [5.41, 5.74) is 6.26. The molecule has 100 valence electrons. The van der Waals surface area contributed by atoms with Gasteiger partial charge in [0.15, 0.2) is 4.34 Å². The molecule has 0 fully saturated rings. The van der Waals surface area contributed by atoms with Crippen LogP contribution in [0.4, 0.5) is 10.8 Å². The van der Waals surface area contributed by atoms with Gasteiger partial charge in [0.05, 0.1) is 0 Å². The largest absolute Gasteiger partial charge is 0.374 e. The van der Waals surface area contributed by atoms with Gasteiger partial charge in [0.25, 0.3) is 0 Å². The van der Waals surface area contributed by atoms with Crippen molar-refractivity contribution in [2.45, 2.75) is 10.8 Å². The van der Waals surface area contributed by atoms with Gasteiger partial charge in [-0.3, -0.25) is 4.79 Å². The van der Waals surface area contributed by atoms with Gasteiger partial charge in [0.1, 0.15) is 0 Å². The van der Waals surface area contributed by atoms with Crippen LogP contribution in [0.3, 0.4) is 0 Å². The second kappa shape index (κ2) is 6.88. The molecule has 3 N–H and O–H groups in total. The van der Waals surface area contributed by atoms with E-state index in [2.05, 4.69) is 31.4 Å². The van der Waals surface area contributed by atoms with Gasteiger partial charge >= 0.3 is 0 Å². The summed E-state index contributed by atoms with van der Waals surface area (Å²) in [6.45, 7) is 0. The number of thioether (sulfide) groups is 1. The zero-order chi connectivity index (χ0) is 13.7. The van der Waals surface area contributed by atoms with Gasteiger partial charge in [0, 0.05) is 22.3 Å². The van der Waals surface area contributed by atoms with E-state index >= 15 is 0 Å². The fourth-order valence-electron chi connectivity index (χ4n) is 1.27. The zero-order valence-electron chi connectivity index (χ0n) is 9.80. The van der Waals surface area contributed by atoms with Gasteiger partial charge in [-0.2, -0.15) is 0 Å². The van der Waals surface area contributed by atoms with Crippen molar-refractivity contribution in [2.24, 2.45) is 0 Å². The molecule has 0 atom stereocenters. The molecule has 5 nitrogen and oxygen atoms in total. The lowest BCUT2D eigenvalue weighted by molar-refractivity contribution is -0.115. The van der Waals surface area contributed by atoms with Gasteiger partial charge in [-0.15, -0.1) is 10.2 Å². The quantitative estimate of drug-likeness (QED) is 0.802. The van der Waals surface area contributed by atoms with Crippen LogP contribution in [-0.4, -0.2) is 21.9 Å². The van der Waals surface area contributed by atoms with Crippen LogP contribution in [-0.2, 0) is 4.79 Å². The molecule has 0 bridgehead atoms. The zero-order valence-corrected chi connectivity index (χ0v) is 13.0. The maximum atomic E-state index is 11.7. The van der Waals surface area contributed by atoms with Crippen molar-refractivity contribution in [2.75, 3.05) is 16.8 Å². The molecule has 2 rings (SSSR count). The lowest BCUT2D eigenvalue weighted by atomic mass is 10.3. The van der Waals surface area contributed by atoms with Crippen molar-refractivity contribution >= 4 is 55.8 Å². The van der Waals surface area contributed by atoms with Gasteiger partial charge < -0.3 is 11.1 Å². The minimum absolute atomic E-state index is 0.0210. The second-order valence-electron chi connectivity index (χ2n) is 3.56. The standard InChI is InChI=1S/C11H11BrN4OS2/c12-7-1-3-8(4-2-7)14-9(17)5-6-18-11-16-15-10(13)19-11/h1-4H,5-6H2,(H2,13,15)(H,14,17). The first kappa shape index (κ1) is 14.3. The summed E-state index contributed by atoms with van der Waals surface area (Å²) < 4.78 is 1.77. The third-order valence-corrected chi connectivity index (χ3v) is 4.52. The molecule has 0 radical (unpaired) electrons. The van der Waals surface area contributed by atoms with E-state index in [1.165, 1.54) is 23.1 Å². The third kappa shape index (κ3) is 4.81. The Morgan fingerprint density at radius 3 is 2.74 bits per heavy atom. The van der Waals surface area contributed by atoms with Crippen molar-refractivity contribution in [3.63, 3.8) is 0 Å². The van der Waals surface area contributed by atoms with E-state index < -0.39 is 0 Å². The Balaban J connectivity index is 1.74. The number of carbonyl (C=O) groups excluding carboxylic acids is 1. The van der Waals surface area contributed by atoms with E-state index in [-0.39, 0.29) is 5.91 Å². The number of aromatic nitrogens is 2. The molecule has 0 aliphatic rings. The van der Waals surface area contributed by atoms with E-state index in [1.54, 1.807) is 0 Å². The number of nitrogen functional groups attached to an aromatic ring is 1. The lowest BCUT2D eigenvalue weighted by Crippen LogP contribution is -2.11. The van der Waals surface area contributed by atoms with Crippen LogP contribution < -0.4 is 11.1 Å². The summed E-state index contributed by atoms with van der Waals surface area (Å²) in [7, 11) is 0. The van der Waals surface area contributed by atoms with Crippen molar-refractivity contribution < 1.29 is 4.79 Å². The highest BCUT2D eigenvalue weighted by Crippen LogP contribution is 2.24. The number of hydrogen-bond donors (Lipinski definition) is 2. The summed E-state index contributed by atoms with van der Waals surface area (Å²) in [4.78, 5) is 11.7. The normalized spacial score (nSPS) is 10.4. The van der Waals surface area contributed by atoms with Crippen LogP contribution in [0, 0.1) is 0 Å². The van der Waals surface area contributed by atoms with Crippen LogP contribution in [0.1, 0.15) is 6.42 Å². The predicted molar refractivity (Wildman–Crippen MR) is 82.4 cm³/mol. The highest BCUT2D eigenvalue weighted by Gasteiger charge is 2.05. The first-order valence-corrected chi connectivity index (χ1v) is 8.00. The summed E-state index contributed by atoms with van der Waals surface area (Å²) in [6, 6.07) is 7.46. The average Bonchev–Trinajstić information content (AvgIpc) is 2.78. The lowest BCUT2D eigenvalue weighted by Gasteiger charge is -2.04. The first-order chi connectivity index (χ1) is 9.13. The van der Waals surface area contributed by atoms with E-state index in [4.69, 9.17) is 5.73 Å². The fraction of sp³-hybridized carbons (Fsp3) is 0.182. The molecule has 1 aromatic heterocycles. The molecule has 0 unspecified atom stereocenters. The maximum absolute atomic E-state index is 11.7. The molecule has 0 saturated carbocycles. The summed E-state index contributed by atoms with van der Waals surface area (Å²) in [5.74, 6) is 0.629. The van der Waals surface area contributed by atoms with E-state index in [0.29, 0.717) is 17.3 Å². The molecule has 0 aliphatic carbocycles. The minimum Gasteiger partial charge on any atom is -0.374 e. The summed E-state index contributed by atoms with van der Waals surface area (Å²) >= 11 is 6.15. The molecule has 1 aromatic carbocycles. The van der Waals surface area contributed by atoms with Crippen molar-refractivity contribution in [1.29, 1.82) is 0 Å². The molecule has 1 heterocycles. The number of benzene rings is 1. The smallest absolute Gasteiger partial charge is 0.225 e. The molecule has 2 aromatic rings. The highest BCUT2D eigenvalue weighted by molar-refractivity contribution is 9.10. The molecule has 0 saturated heterocycles.